The molecule has 0 aliphatic carbocycles. The lowest BCUT2D eigenvalue weighted by molar-refractivity contribution is -0.908. The molecular weight excluding hydrogens is 362 g/mol. The maximum absolute atomic E-state index is 12.8. The Kier molecular flexibility index (Phi) is 7.04. The van der Waals surface area contributed by atoms with Gasteiger partial charge in [0.05, 0.1) is 31.6 Å². The predicted octanol–water partition coefficient (Wildman–Crippen LogP) is 2.05. The first-order valence-corrected chi connectivity index (χ1v) is 10.6. The number of benzene rings is 1. The number of thiazole rings is 1. The second-order valence-corrected chi connectivity index (χ2v) is 8.00. The highest BCUT2D eigenvalue weighted by Gasteiger charge is 2.22. The van der Waals surface area contributed by atoms with E-state index in [4.69, 9.17) is 14.5 Å². The fourth-order valence-electron chi connectivity index (χ4n) is 3.45. The molecule has 1 saturated heterocycles. The molecule has 2 heterocycles. The number of hydrogen-bond donors (Lipinski definition) is 1. The number of rotatable bonds is 8. The van der Waals surface area contributed by atoms with Crippen LogP contribution in [0, 0.1) is 6.92 Å². The number of nitrogens with zero attached hydrogens (tertiary/aromatic N) is 2. The standard InChI is InChI=1S/C20H29N3O3S/c1-4-6-17(24)23(10-5-9-22-11-13-26-14-12-22)20-21-18-16(25-3)8-7-15(2)19(18)27-20/h7-8H,4-6,9-14H2,1-3H3/p+1. The number of carbonyl (C=O) groups excluding carboxylic acids is 1. The Morgan fingerprint density at radius 1 is 1.37 bits per heavy atom. The molecule has 7 heteroatoms. The van der Waals surface area contributed by atoms with Crippen LogP contribution in [-0.2, 0) is 9.53 Å². The van der Waals surface area contributed by atoms with Crippen LogP contribution in [0.5, 0.6) is 5.75 Å². The Balaban J connectivity index is 1.78. The maximum atomic E-state index is 12.8. The molecule has 0 saturated carbocycles. The number of aromatic nitrogens is 1. The van der Waals surface area contributed by atoms with Gasteiger partial charge in [-0.2, -0.15) is 0 Å². The fourth-order valence-corrected chi connectivity index (χ4v) is 4.55. The molecule has 0 atom stereocenters. The van der Waals surface area contributed by atoms with Gasteiger partial charge in [-0.05, 0) is 25.0 Å². The topological polar surface area (TPSA) is 56.1 Å². The molecule has 27 heavy (non-hydrogen) atoms. The van der Waals surface area contributed by atoms with Gasteiger partial charge in [0, 0.05) is 19.4 Å². The van der Waals surface area contributed by atoms with Gasteiger partial charge in [0.1, 0.15) is 24.4 Å². The molecule has 1 N–H and O–H groups in total. The molecule has 0 bridgehead atoms. The van der Waals surface area contributed by atoms with Crippen molar-refractivity contribution in [2.24, 2.45) is 0 Å². The molecular formula is C20H30N3O3S+. The summed E-state index contributed by atoms with van der Waals surface area (Å²) in [7, 11) is 1.66. The van der Waals surface area contributed by atoms with E-state index in [2.05, 4.69) is 6.92 Å². The van der Waals surface area contributed by atoms with Crippen molar-refractivity contribution in [1.29, 1.82) is 0 Å². The molecule has 148 valence electrons. The van der Waals surface area contributed by atoms with Crippen molar-refractivity contribution in [3.63, 3.8) is 0 Å². The highest BCUT2D eigenvalue weighted by atomic mass is 32.1. The van der Waals surface area contributed by atoms with Crippen LogP contribution in [0.1, 0.15) is 31.7 Å². The molecule has 1 aromatic heterocycles. The van der Waals surface area contributed by atoms with Crippen LogP contribution in [0.2, 0.25) is 0 Å². The van der Waals surface area contributed by atoms with Gasteiger partial charge in [-0.3, -0.25) is 9.69 Å². The number of nitrogens with one attached hydrogen (secondary N) is 1. The van der Waals surface area contributed by atoms with Crippen LogP contribution in [0.25, 0.3) is 10.2 Å². The normalized spacial score (nSPS) is 15.2. The fraction of sp³-hybridized carbons (Fsp3) is 0.600. The van der Waals surface area contributed by atoms with Gasteiger partial charge in [0.15, 0.2) is 5.13 Å². The zero-order valence-electron chi connectivity index (χ0n) is 16.5. The zero-order chi connectivity index (χ0) is 19.2. The Hall–Kier alpha value is -1.70. The minimum absolute atomic E-state index is 0.158. The monoisotopic (exact) mass is 392 g/mol. The van der Waals surface area contributed by atoms with Gasteiger partial charge >= 0.3 is 0 Å². The van der Waals surface area contributed by atoms with Gasteiger partial charge in [-0.1, -0.05) is 24.3 Å². The highest BCUT2D eigenvalue weighted by Crippen LogP contribution is 2.36. The van der Waals surface area contributed by atoms with Crippen molar-refractivity contribution in [2.75, 3.05) is 51.4 Å². The lowest BCUT2D eigenvalue weighted by Gasteiger charge is -2.25. The van der Waals surface area contributed by atoms with E-state index < -0.39 is 0 Å². The van der Waals surface area contributed by atoms with E-state index in [9.17, 15) is 4.79 Å². The predicted molar refractivity (Wildman–Crippen MR) is 109 cm³/mol. The molecule has 3 rings (SSSR count). The van der Waals surface area contributed by atoms with Gasteiger partial charge < -0.3 is 14.4 Å². The second-order valence-electron chi connectivity index (χ2n) is 7.02. The van der Waals surface area contributed by atoms with Crippen molar-refractivity contribution in [1.82, 2.24) is 4.98 Å². The summed E-state index contributed by atoms with van der Waals surface area (Å²) >= 11 is 1.59. The maximum Gasteiger partial charge on any atom is 0.228 e. The smallest absolute Gasteiger partial charge is 0.228 e. The summed E-state index contributed by atoms with van der Waals surface area (Å²) in [4.78, 5) is 21.0. The van der Waals surface area contributed by atoms with Gasteiger partial charge in [-0.15, -0.1) is 0 Å². The van der Waals surface area contributed by atoms with E-state index in [0.29, 0.717) is 13.0 Å². The molecule has 1 amide bonds. The quantitative estimate of drug-likeness (QED) is 0.747. The summed E-state index contributed by atoms with van der Waals surface area (Å²) in [5.41, 5.74) is 2.01. The Morgan fingerprint density at radius 2 is 2.15 bits per heavy atom. The van der Waals surface area contributed by atoms with Gasteiger partial charge in [0.25, 0.3) is 0 Å². The Labute approximate surface area is 165 Å². The van der Waals surface area contributed by atoms with Crippen LogP contribution in [0.4, 0.5) is 5.13 Å². The summed E-state index contributed by atoms with van der Waals surface area (Å²) in [5, 5.41) is 0.785. The second kappa shape index (κ2) is 9.48. The van der Waals surface area contributed by atoms with Crippen LogP contribution in [0.3, 0.4) is 0 Å². The molecule has 2 aromatic rings. The lowest BCUT2D eigenvalue weighted by Crippen LogP contribution is -3.14. The first kappa shape index (κ1) is 20.0. The molecule has 6 nitrogen and oxygen atoms in total. The number of fused-ring (bicyclic) bond motifs is 1. The summed E-state index contributed by atoms with van der Waals surface area (Å²) < 4.78 is 12.0. The average Bonchev–Trinajstić information content (AvgIpc) is 3.12. The number of amides is 1. The zero-order valence-corrected chi connectivity index (χ0v) is 17.4. The van der Waals surface area contributed by atoms with Gasteiger partial charge in [0.2, 0.25) is 5.91 Å². The van der Waals surface area contributed by atoms with E-state index >= 15 is 0 Å². The minimum atomic E-state index is 0.158. The molecule has 1 fully saturated rings. The van der Waals surface area contributed by atoms with Crippen molar-refractivity contribution in [3.05, 3.63) is 17.7 Å². The van der Waals surface area contributed by atoms with E-state index in [1.54, 1.807) is 23.3 Å². The number of aryl methyl sites for hydroxylation is 1. The first-order valence-electron chi connectivity index (χ1n) is 9.79. The summed E-state index contributed by atoms with van der Waals surface area (Å²) in [6, 6.07) is 3.99. The number of ether oxygens (including phenoxy) is 2. The number of carbonyl (C=O) groups is 1. The lowest BCUT2D eigenvalue weighted by atomic mass is 10.2. The van der Waals surface area contributed by atoms with E-state index in [1.807, 2.05) is 24.0 Å². The van der Waals surface area contributed by atoms with Crippen molar-refractivity contribution in [3.8, 4) is 5.75 Å². The summed E-state index contributed by atoms with van der Waals surface area (Å²) in [5.74, 6) is 0.920. The van der Waals surface area contributed by atoms with Crippen LogP contribution >= 0.6 is 11.3 Å². The van der Waals surface area contributed by atoms with E-state index in [0.717, 1.165) is 72.4 Å². The summed E-state index contributed by atoms with van der Waals surface area (Å²) in [6.45, 7) is 9.68. The van der Waals surface area contributed by atoms with Crippen LogP contribution in [-0.4, -0.2) is 57.4 Å². The third-order valence-electron chi connectivity index (χ3n) is 5.02. The van der Waals surface area contributed by atoms with Gasteiger partial charge in [-0.25, -0.2) is 4.98 Å². The summed E-state index contributed by atoms with van der Waals surface area (Å²) in [6.07, 6.45) is 2.37. The number of quaternary nitrogens is 1. The van der Waals surface area contributed by atoms with Crippen molar-refractivity contribution in [2.45, 2.75) is 33.1 Å². The third kappa shape index (κ3) is 4.78. The number of hydrogen-bond acceptors (Lipinski definition) is 5. The molecule has 1 aliphatic heterocycles. The largest absolute Gasteiger partial charge is 0.494 e. The molecule has 1 aliphatic rings. The molecule has 1 aromatic carbocycles. The van der Waals surface area contributed by atoms with Crippen LogP contribution in [0.15, 0.2) is 12.1 Å². The molecule has 0 radical (unpaired) electrons. The minimum Gasteiger partial charge on any atom is -0.494 e. The van der Waals surface area contributed by atoms with Crippen LogP contribution < -0.4 is 14.5 Å². The Morgan fingerprint density at radius 3 is 2.85 bits per heavy atom. The Bertz CT molecular complexity index is 771. The third-order valence-corrected chi connectivity index (χ3v) is 6.23. The van der Waals surface area contributed by atoms with Crippen molar-refractivity contribution < 1.29 is 19.2 Å². The molecule has 0 unspecified atom stereocenters. The van der Waals surface area contributed by atoms with E-state index in [1.165, 1.54) is 0 Å². The number of morpholine rings is 1. The van der Waals surface area contributed by atoms with E-state index in [-0.39, 0.29) is 5.91 Å². The number of methoxy groups -OCH3 is 1. The highest BCUT2D eigenvalue weighted by molar-refractivity contribution is 7.22. The van der Waals surface area contributed by atoms with Crippen molar-refractivity contribution >= 4 is 32.6 Å². The first-order chi connectivity index (χ1) is 13.1. The molecule has 0 spiro atoms. The number of anilines is 1. The average molecular weight is 393 g/mol. The SMILES string of the molecule is CCCC(=O)N(CCC[NH+]1CCOCC1)c1nc2c(OC)ccc(C)c2s1.